The van der Waals surface area contributed by atoms with E-state index in [1.54, 1.807) is 10.6 Å². The summed E-state index contributed by atoms with van der Waals surface area (Å²) in [4.78, 5) is 0. The number of rotatable bonds is 8. The predicted octanol–water partition coefficient (Wildman–Crippen LogP) is 0.912. The van der Waals surface area contributed by atoms with Crippen LogP contribution in [0.1, 0.15) is 52.4 Å². The van der Waals surface area contributed by atoms with Crippen molar-refractivity contribution in [3.63, 3.8) is 0 Å². The van der Waals surface area contributed by atoms with Gasteiger partial charge in [-0.05, 0) is 0 Å². The molecule has 0 radical (unpaired) electrons. The van der Waals surface area contributed by atoms with Crippen LogP contribution in [-0.4, -0.2) is 15.2 Å². The molecule has 0 rings (SSSR count). The van der Waals surface area contributed by atoms with Gasteiger partial charge in [-0.2, -0.15) is 0 Å². The van der Waals surface area contributed by atoms with Gasteiger partial charge in [0.2, 0.25) is 0 Å². The van der Waals surface area contributed by atoms with E-state index in [-0.39, 0.29) is 12.4 Å². The molecule has 0 aromatic heterocycles. The third kappa shape index (κ3) is 13.4. The molecule has 0 aliphatic rings. The van der Waals surface area contributed by atoms with Gasteiger partial charge in [-0.3, -0.25) is 0 Å². The molecule has 0 aliphatic heterocycles. The van der Waals surface area contributed by atoms with Gasteiger partial charge < -0.3 is 12.4 Å². The summed E-state index contributed by atoms with van der Waals surface area (Å²) < 4.78 is 0. The number of hydrogen-bond acceptors (Lipinski definition) is 0. The third-order valence-electron chi connectivity index (χ3n) is 2.02. The van der Waals surface area contributed by atoms with Gasteiger partial charge in [0, 0.05) is 0 Å². The largest absolute Gasteiger partial charge is 1.00 e. The number of hydrogen-bond donors (Lipinski definition) is 0. The zero-order valence-electron chi connectivity index (χ0n) is 8.61. The Morgan fingerprint density at radius 1 is 0.750 bits per heavy atom. The van der Waals surface area contributed by atoms with Crippen LogP contribution in [0.2, 0.25) is 10.6 Å². The molecule has 0 heterocycles. The maximum Gasteiger partial charge on any atom is -1.00 e. The fraction of sp³-hybridized carbons (Fsp3) is 1.00. The Morgan fingerprint density at radius 2 is 1.17 bits per heavy atom. The molecule has 0 atom stereocenters. The molecule has 0 bridgehead atoms. The molecule has 0 saturated carbocycles. The van der Waals surface area contributed by atoms with E-state index in [0.717, 1.165) is 15.2 Å². The SMILES string of the molecule is CCCC[CH2][Al+][CH2]CCCC.[Cl-]. The second kappa shape index (κ2) is 14.4. The van der Waals surface area contributed by atoms with Gasteiger partial charge in [0.05, 0.1) is 0 Å². The zero-order valence-corrected chi connectivity index (χ0v) is 10.5. The standard InChI is InChI=1S/2C5H11.Al.ClH/c2*1-3-5-4-2;;/h2*1,3-5H2,2H3;;1H/q;;+1;/p-1. The molecular weight excluding hydrogens is 183 g/mol. The zero-order chi connectivity index (χ0) is 8.36. The van der Waals surface area contributed by atoms with Gasteiger partial charge >= 0.3 is 78.2 Å². The van der Waals surface area contributed by atoms with Crippen molar-refractivity contribution in [1.29, 1.82) is 0 Å². The van der Waals surface area contributed by atoms with Crippen LogP contribution in [0.5, 0.6) is 0 Å². The first-order chi connectivity index (χ1) is 5.41. The van der Waals surface area contributed by atoms with Gasteiger partial charge in [-0.1, -0.05) is 0 Å². The van der Waals surface area contributed by atoms with Gasteiger partial charge in [0.1, 0.15) is 0 Å². The van der Waals surface area contributed by atoms with Gasteiger partial charge in [-0.25, -0.2) is 0 Å². The molecule has 0 fully saturated rings. The summed E-state index contributed by atoms with van der Waals surface area (Å²) in [6, 6.07) is 0. The van der Waals surface area contributed by atoms with Crippen LogP contribution in [0.4, 0.5) is 0 Å². The normalized spacial score (nSPS) is 8.83. The van der Waals surface area contributed by atoms with Crippen LogP contribution < -0.4 is 12.4 Å². The van der Waals surface area contributed by atoms with Gasteiger partial charge in [-0.15, -0.1) is 0 Å². The van der Waals surface area contributed by atoms with Crippen molar-refractivity contribution in [2.45, 2.75) is 62.9 Å². The smallest absolute Gasteiger partial charge is 1.00 e. The fourth-order valence-corrected chi connectivity index (χ4v) is 2.67. The van der Waals surface area contributed by atoms with E-state index in [2.05, 4.69) is 13.8 Å². The minimum Gasteiger partial charge on any atom is -1.00 e. The summed E-state index contributed by atoms with van der Waals surface area (Å²) in [5, 5.41) is 3.11. The third-order valence-corrected chi connectivity index (χ3v) is 3.66. The van der Waals surface area contributed by atoms with E-state index in [0.29, 0.717) is 0 Å². The first-order valence-electron chi connectivity index (χ1n) is 5.23. The predicted molar refractivity (Wildman–Crippen MR) is 54.4 cm³/mol. The summed E-state index contributed by atoms with van der Waals surface area (Å²) in [5.74, 6) is 0. The quantitative estimate of drug-likeness (QED) is 0.408. The molecule has 0 nitrogen and oxygen atoms in total. The molecule has 2 heteroatoms. The van der Waals surface area contributed by atoms with Crippen molar-refractivity contribution < 1.29 is 12.4 Å². The van der Waals surface area contributed by atoms with Gasteiger partial charge in [0.25, 0.3) is 0 Å². The summed E-state index contributed by atoms with van der Waals surface area (Å²) in [5.41, 5.74) is 0. The fourth-order valence-electron chi connectivity index (χ4n) is 1.22. The van der Waals surface area contributed by atoms with E-state index in [4.69, 9.17) is 0 Å². The van der Waals surface area contributed by atoms with Crippen LogP contribution in [0.15, 0.2) is 0 Å². The number of halogens is 1. The molecule has 0 aromatic rings. The van der Waals surface area contributed by atoms with E-state index in [1.165, 1.54) is 38.5 Å². The molecule has 0 aromatic carbocycles. The number of unbranched alkanes of at least 4 members (excludes halogenated alkanes) is 4. The first kappa shape index (κ1) is 15.3. The van der Waals surface area contributed by atoms with Crippen LogP contribution in [0, 0.1) is 0 Å². The molecule has 0 spiro atoms. The summed E-state index contributed by atoms with van der Waals surface area (Å²) >= 11 is 0.811. The minimum absolute atomic E-state index is 0. The van der Waals surface area contributed by atoms with Crippen LogP contribution in [0.25, 0.3) is 0 Å². The van der Waals surface area contributed by atoms with Crippen molar-refractivity contribution in [3.05, 3.63) is 0 Å². The Kier molecular flexibility index (Phi) is 18.3. The maximum atomic E-state index is 2.28. The molecular formula is C10H22AlCl. The van der Waals surface area contributed by atoms with Crippen molar-refractivity contribution in [3.8, 4) is 0 Å². The van der Waals surface area contributed by atoms with Crippen LogP contribution >= 0.6 is 0 Å². The van der Waals surface area contributed by atoms with E-state index in [1.807, 2.05) is 0 Å². The summed E-state index contributed by atoms with van der Waals surface area (Å²) in [7, 11) is 0. The Labute approximate surface area is 90.6 Å². The van der Waals surface area contributed by atoms with E-state index in [9.17, 15) is 0 Å². The monoisotopic (exact) mass is 204 g/mol. The summed E-state index contributed by atoms with van der Waals surface area (Å²) in [6.45, 7) is 4.57. The molecule has 0 amide bonds. The Bertz CT molecular complexity index is 58.9. The Hall–Kier alpha value is 0.822. The molecule has 0 unspecified atom stereocenters. The average Bonchev–Trinajstić information content (AvgIpc) is 2.03. The topological polar surface area (TPSA) is 0 Å². The summed E-state index contributed by atoms with van der Waals surface area (Å²) in [6.07, 6.45) is 8.68. The van der Waals surface area contributed by atoms with Crippen molar-refractivity contribution in [1.82, 2.24) is 0 Å². The molecule has 0 N–H and O–H groups in total. The average molecular weight is 205 g/mol. The maximum absolute atomic E-state index is 2.28. The Morgan fingerprint density at radius 3 is 1.50 bits per heavy atom. The van der Waals surface area contributed by atoms with E-state index >= 15 is 0 Å². The van der Waals surface area contributed by atoms with E-state index < -0.39 is 0 Å². The Balaban J connectivity index is 0. The molecule has 0 saturated heterocycles. The molecule has 72 valence electrons. The second-order valence-corrected chi connectivity index (χ2v) is 5.01. The molecule has 0 aliphatic carbocycles. The van der Waals surface area contributed by atoms with Crippen LogP contribution in [-0.2, 0) is 0 Å². The minimum atomic E-state index is 0. The van der Waals surface area contributed by atoms with Crippen molar-refractivity contribution >= 4 is 15.2 Å². The van der Waals surface area contributed by atoms with Gasteiger partial charge in [0.15, 0.2) is 0 Å². The van der Waals surface area contributed by atoms with Crippen molar-refractivity contribution in [2.75, 3.05) is 0 Å². The molecule has 12 heavy (non-hydrogen) atoms. The van der Waals surface area contributed by atoms with Crippen LogP contribution in [0.3, 0.4) is 0 Å². The van der Waals surface area contributed by atoms with Crippen molar-refractivity contribution in [2.24, 2.45) is 0 Å². The second-order valence-electron chi connectivity index (χ2n) is 3.28. The first-order valence-corrected chi connectivity index (χ1v) is 6.86.